The molecule has 19 heteroatoms. The number of rotatable bonds is 14. The van der Waals surface area contributed by atoms with Crippen LogP contribution in [0.25, 0.3) is 0 Å². The first-order valence-electron chi connectivity index (χ1n) is 17.2. The Morgan fingerprint density at radius 1 is 0.356 bits per heavy atom. The molecule has 0 unspecified atom stereocenters. The Kier molecular flexibility index (Phi) is 14.0. The van der Waals surface area contributed by atoms with Crippen molar-refractivity contribution in [2.24, 2.45) is 0 Å². The van der Waals surface area contributed by atoms with Gasteiger partial charge >= 0.3 is 376 Å². The van der Waals surface area contributed by atoms with Crippen LogP contribution in [0.15, 0.2) is 165 Å². The molecule has 6 aromatic carbocycles. The molecule has 312 valence electrons. The van der Waals surface area contributed by atoms with Gasteiger partial charge in [0.1, 0.15) is 0 Å². The molecule has 0 heterocycles. The van der Waals surface area contributed by atoms with Gasteiger partial charge in [0, 0.05) is 0 Å². The summed E-state index contributed by atoms with van der Waals surface area (Å²) < 4.78 is 128. The van der Waals surface area contributed by atoms with Crippen LogP contribution in [0.4, 0.5) is 0 Å². The third kappa shape index (κ3) is 9.90. The van der Waals surface area contributed by atoms with Gasteiger partial charge in [0.25, 0.3) is 0 Å². The van der Waals surface area contributed by atoms with Crippen LogP contribution in [0, 0.1) is 34.8 Å². The molecule has 0 aliphatic heterocycles. The maximum atomic E-state index is 15.1. The minimum atomic E-state index is -5.09. The van der Waals surface area contributed by atoms with Crippen LogP contribution < -0.4 is 0 Å². The molecule has 0 saturated heterocycles. The zero-order valence-electron chi connectivity index (χ0n) is 31.6. The summed E-state index contributed by atoms with van der Waals surface area (Å²) >= 11 is 3.19. The van der Waals surface area contributed by atoms with E-state index in [2.05, 4.69) is 0 Å². The molecule has 6 rings (SSSR count). The van der Waals surface area contributed by atoms with E-state index in [0.29, 0.717) is 26.1 Å². The Hall–Kier alpha value is -2.96. The fraction of sp³-hybridized carbons (Fsp3) is 0.100. The van der Waals surface area contributed by atoms with Crippen LogP contribution in [-0.4, -0.2) is 37.5 Å². The van der Waals surface area contributed by atoms with Gasteiger partial charge in [-0.2, -0.15) is 0 Å². The average Bonchev–Trinajstić information content (AvgIpc) is 3.18. The quantitative estimate of drug-likeness (QED) is 0.0767. The number of sulfonamides is 4. The number of hydrogen-bond donors (Lipinski definition) is 0. The summed E-state index contributed by atoms with van der Waals surface area (Å²) in [4.78, 5) is -1.60. The van der Waals surface area contributed by atoms with Crippen molar-refractivity contribution in [1.82, 2.24) is 3.85 Å². The normalized spacial score (nSPS) is 13.1. The van der Waals surface area contributed by atoms with E-state index in [0.717, 1.165) is 0 Å². The monoisotopic (exact) mass is 1140 g/mol. The van der Waals surface area contributed by atoms with E-state index in [-0.39, 0.29) is 17.2 Å². The first-order valence-corrected chi connectivity index (χ1v) is 29.6. The van der Waals surface area contributed by atoms with Gasteiger partial charge in [-0.3, -0.25) is 0 Å². The Labute approximate surface area is 371 Å². The van der Waals surface area contributed by atoms with Crippen LogP contribution in [0.2, 0.25) is 10.0 Å². The molecule has 0 spiro atoms. The fourth-order valence-electron chi connectivity index (χ4n) is 5.16. The Morgan fingerprint density at radius 3 is 0.763 bits per heavy atom. The summed E-state index contributed by atoms with van der Waals surface area (Å²) in [5.74, 6) is 0. The number of nitrogens with zero attached hydrogens (tertiary/aromatic N) is 2. The van der Waals surface area contributed by atoms with E-state index in [9.17, 15) is 0 Å². The second kappa shape index (κ2) is 18.2. The van der Waals surface area contributed by atoms with Crippen molar-refractivity contribution in [3.05, 3.63) is 185 Å². The molecule has 0 aliphatic carbocycles. The third-order valence-electron chi connectivity index (χ3n) is 8.37. The van der Waals surface area contributed by atoms with Gasteiger partial charge in [-0.25, -0.2) is 0 Å². The molecule has 0 fully saturated rings. The van der Waals surface area contributed by atoms with Crippen LogP contribution in [-0.2, 0) is 41.5 Å². The number of hydrogen-bond acceptors (Lipinski definition) is 9. The topological polar surface area (TPSA) is 152 Å². The van der Waals surface area contributed by atoms with Crippen molar-refractivity contribution in [1.29, 1.82) is 0 Å². The summed E-state index contributed by atoms with van der Waals surface area (Å²) in [6, 6.07) is 33.2. The van der Waals surface area contributed by atoms with Gasteiger partial charge in [0.05, 0.1) is 0 Å². The van der Waals surface area contributed by atoms with Crippen molar-refractivity contribution in [2.45, 2.75) is 47.3 Å². The first-order chi connectivity index (χ1) is 27.7. The second-order valence-electron chi connectivity index (χ2n) is 13.0. The van der Waals surface area contributed by atoms with E-state index in [1.165, 1.54) is 146 Å². The van der Waals surface area contributed by atoms with Gasteiger partial charge in [-0.15, -0.1) is 0 Å². The summed E-state index contributed by atoms with van der Waals surface area (Å²) in [6.45, 7) is 6.92. The van der Waals surface area contributed by atoms with Gasteiger partial charge in [-0.1, -0.05) is 0 Å². The second-order valence-corrected chi connectivity index (χ2v) is 33.7. The maximum absolute atomic E-state index is 15.1. The van der Waals surface area contributed by atoms with E-state index in [1.807, 2.05) is 0 Å². The van der Waals surface area contributed by atoms with Crippen molar-refractivity contribution < 1.29 is 35.1 Å². The zero-order chi connectivity index (χ0) is 42.9. The van der Waals surface area contributed by atoms with Crippen molar-refractivity contribution in [2.75, 3.05) is 0 Å². The Balaban J connectivity index is 1.71. The van der Waals surface area contributed by atoms with E-state index in [1.54, 1.807) is 27.7 Å². The molecule has 11 nitrogen and oxygen atoms in total. The average molecular weight is 1140 g/mol. The molecule has 0 saturated carbocycles. The summed E-state index contributed by atoms with van der Waals surface area (Å²) in [5.41, 5.74) is 2.76. The molecule has 0 aliphatic rings. The van der Waals surface area contributed by atoms with Gasteiger partial charge in [0.15, 0.2) is 0 Å². The minimum absolute atomic E-state index is 0.0432. The molecular weight excluding hydrogens is 1110 g/mol. The third-order valence-corrected chi connectivity index (χ3v) is 35.7. The van der Waals surface area contributed by atoms with Gasteiger partial charge < -0.3 is 0 Å². The summed E-state index contributed by atoms with van der Waals surface area (Å²) in [7, 11) is -20.4. The van der Waals surface area contributed by atoms with E-state index >= 15 is 33.7 Å². The summed E-state index contributed by atoms with van der Waals surface area (Å²) in [6.07, 6.45) is 0. The molecule has 0 N–H and O–H groups in total. The van der Waals surface area contributed by atoms with Crippen molar-refractivity contribution in [3.8, 4) is 0 Å². The predicted octanol–water partition coefficient (Wildman–Crippen LogP) is 10.1. The van der Waals surface area contributed by atoms with Crippen molar-refractivity contribution >= 4 is 104 Å². The SMILES string of the molecule is Cc1ccc(S(=O)(=O)N(I(OI(c2ccc(Cl)cc2)N(S(=O)(=O)c2ccc(C)cc2)S(=O)(=O)c2ccc(C)cc2)c2ccc(Cl)cc2)S(=O)(=O)c2ccc(C)cc2)cc1. The number of aryl methyl sites for hydroxylation is 4. The van der Waals surface area contributed by atoms with E-state index in [4.69, 9.17) is 24.6 Å². The van der Waals surface area contributed by atoms with Crippen LogP contribution in [0.5, 0.6) is 0 Å². The molecular formula is C40H36Cl2I2N2O9S4. The van der Waals surface area contributed by atoms with Gasteiger partial charge in [-0.05, 0) is 0 Å². The van der Waals surface area contributed by atoms with Crippen LogP contribution >= 0.6 is 64.2 Å². The summed E-state index contributed by atoms with van der Waals surface area (Å²) in [5, 5.41) is 0.440. The van der Waals surface area contributed by atoms with Crippen LogP contribution in [0.3, 0.4) is 0 Å². The standard InChI is InChI=1S/C40H36Cl2I2N2O9S4/c1-29-5-21-37(22-6-29)56(47,48)45(57(49,50)38-23-7-30(2)8-24-38)43(35-17-13-33(41)14-18-35)55-44(36-19-15-34(42)16-20-36)46(58(51,52)39-25-9-31(3)10-26-39)59(53,54)40-27-11-32(4)12-28-40/h5-28H,1-4H3. The molecule has 0 aromatic heterocycles. The fourth-order valence-corrected chi connectivity index (χ4v) is 36.1. The molecule has 0 atom stereocenters. The van der Waals surface area contributed by atoms with Crippen LogP contribution in [0.1, 0.15) is 22.3 Å². The first kappa shape index (κ1) is 45.6. The van der Waals surface area contributed by atoms with Crippen molar-refractivity contribution in [3.63, 3.8) is 0 Å². The molecule has 0 bridgehead atoms. The number of benzene rings is 6. The molecule has 0 radical (unpaired) electrons. The molecule has 0 amide bonds. The van der Waals surface area contributed by atoms with Gasteiger partial charge in [0.2, 0.25) is 0 Å². The Bertz CT molecular complexity index is 2560. The molecule has 59 heavy (non-hydrogen) atoms. The van der Waals surface area contributed by atoms with E-state index < -0.39 is 101 Å². The predicted molar refractivity (Wildman–Crippen MR) is 247 cm³/mol. The molecule has 6 aromatic rings. The Morgan fingerprint density at radius 2 is 0.559 bits per heavy atom. The number of halogens is 4. The zero-order valence-corrected chi connectivity index (χ0v) is 40.7.